The van der Waals surface area contributed by atoms with Crippen molar-refractivity contribution in [3.05, 3.63) is 93.5 Å². The predicted octanol–water partition coefficient (Wildman–Crippen LogP) is 7.50. The van der Waals surface area contributed by atoms with Crippen LogP contribution in [-0.2, 0) is 0 Å². The Morgan fingerprint density at radius 2 is 1.69 bits per heavy atom. The van der Waals surface area contributed by atoms with Gasteiger partial charge in [0.15, 0.2) is 5.13 Å². The maximum Gasteiger partial charge on any atom is 0.258 e. The number of carbonyl (C=O) groups excluding carboxylic acids is 1. The van der Waals surface area contributed by atoms with Crippen molar-refractivity contribution >= 4 is 49.2 Å². The maximum absolute atomic E-state index is 13.5. The third kappa shape index (κ3) is 4.80. The van der Waals surface area contributed by atoms with E-state index in [0.717, 1.165) is 31.6 Å². The van der Waals surface area contributed by atoms with Crippen LogP contribution in [0.25, 0.3) is 33.4 Å². The number of thiazole rings is 1. The highest BCUT2D eigenvalue weighted by atomic mass is 79.9. The van der Waals surface area contributed by atoms with Crippen LogP contribution in [-0.4, -0.2) is 23.0 Å². The van der Waals surface area contributed by atoms with Crippen LogP contribution >= 0.6 is 27.3 Å². The van der Waals surface area contributed by atoms with Gasteiger partial charge in [-0.1, -0.05) is 15.9 Å². The lowest BCUT2D eigenvalue weighted by atomic mass is 10.0. The first-order chi connectivity index (χ1) is 16.9. The number of benzene rings is 3. The number of nitrogens with zero attached hydrogens (tertiary/aromatic N) is 2. The van der Waals surface area contributed by atoms with Crippen molar-refractivity contribution in [3.8, 4) is 28.3 Å². The molecule has 0 unspecified atom stereocenters. The minimum Gasteiger partial charge on any atom is -0.497 e. The normalized spacial score (nSPS) is 11.0. The van der Waals surface area contributed by atoms with E-state index in [9.17, 15) is 9.18 Å². The van der Waals surface area contributed by atoms with E-state index >= 15 is 0 Å². The van der Waals surface area contributed by atoms with Gasteiger partial charge in [0.25, 0.3) is 5.91 Å². The first-order valence-corrected chi connectivity index (χ1v) is 12.3. The topological polar surface area (TPSA) is 64.1 Å². The van der Waals surface area contributed by atoms with E-state index < -0.39 is 0 Å². The molecule has 5 nitrogen and oxygen atoms in total. The highest BCUT2D eigenvalue weighted by Crippen LogP contribution is 2.32. The van der Waals surface area contributed by atoms with Crippen molar-refractivity contribution in [1.29, 1.82) is 0 Å². The average molecular weight is 548 g/mol. The lowest BCUT2D eigenvalue weighted by Gasteiger charge is -2.10. The standard InChI is InChI=1S/C27H19BrFN3O2S/c1-15-25(17-3-8-19(29)9-4-17)31-27(35-15)32-26(33)22-14-24(16-5-10-20(34-2)11-6-16)30-23-12-7-18(28)13-21(22)23/h3-14H,1-2H3,(H,31,32,33). The van der Waals surface area contributed by atoms with E-state index in [1.807, 2.05) is 49.4 Å². The molecule has 2 heterocycles. The summed E-state index contributed by atoms with van der Waals surface area (Å²) in [7, 11) is 1.62. The van der Waals surface area contributed by atoms with Crippen LogP contribution in [0.5, 0.6) is 5.75 Å². The molecule has 174 valence electrons. The second-order valence-corrected chi connectivity index (χ2v) is 9.95. The van der Waals surface area contributed by atoms with Crippen LogP contribution in [0.2, 0.25) is 0 Å². The van der Waals surface area contributed by atoms with Crippen LogP contribution in [0, 0.1) is 12.7 Å². The SMILES string of the molecule is COc1ccc(-c2cc(C(=O)Nc3nc(-c4ccc(F)cc4)c(C)s3)c3cc(Br)ccc3n2)cc1. The molecular formula is C27H19BrFN3O2S. The van der Waals surface area contributed by atoms with Gasteiger partial charge in [0.2, 0.25) is 0 Å². The van der Waals surface area contributed by atoms with Gasteiger partial charge in [-0.05, 0) is 79.7 Å². The summed E-state index contributed by atoms with van der Waals surface area (Å²) in [6.45, 7) is 1.92. The van der Waals surface area contributed by atoms with E-state index in [1.54, 1.807) is 25.3 Å². The molecule has 1 amide bonds. The minimum atomic E-state index is -0.307. The van der Waals surface area contributed by atoms with Crippen molar-refractivity contribution in [2.24, 2.45) is 0 Å². The van der Waals surface area contributed by atoms with Crippen LogP contribution < -0.4 is 10.1 Å². The summed E-state index contributed by atoms with van der Waals surface area (Å²) in [4.78, 5) is 23.8. The van der Waals surface area contributed by atoms with Crippen LogP contribution in [0.15, 0.2) is 77.3 Å². The van der Waals surface area contributed by atoms with Gasteiger partial charge in [-0.25, -0.2) is 14.4 Å². The molecule has 0 aliphatic carbocycles. The quantitative estimate of drug-likeness (QED) is 0.247. The molecule has 0 saturated carbocycles. The number of pyridine rings is 1. The lowest BCUT2D eigenvalue weighted by molar-refractivity contribution is 0.102. The summed E-state index contributed by atoms with van der Waals surface area (Å²) in [5, 5.41) is 4.13. The number of ether oxygens (including phenoxy) is 1. The number of nitrogens with one attached hydrogen (secondary N) is 1. The molecule has 8 heteroatoms. The lowest BCUT2D eigenvalue weighted by Crippen LogP contribution is -2.13. The number of hydrogen-bond donors (Lipinski definition) is 1. The molecule has 0 bridgehead atoms. The summed E-state index contributed by atoms with van der Waals surface area (Å²) < 4.78 is 19.4. The van der Waals surface area contributed by atoms with Gasteiger partial charge in [-0.3, -0.25) is 10.1 Å². The Labute approximate surface area is 213 Å². The second-order valence-electron chi connectivity index (χ2n) is 7.83. The highest BCUT2D eigenvalue weighted by molar-refractivity contribution is 9.10. The third-order valence-corrected chi connectivity index (χ3v) is 6.92. The van der Waals surface area contributed by atoms with Gasteiger partial charge in [-0.2, -0.15) is 0 Å². The molecule has 1 N–H and O–H groups in total. The molecular weight excluding hydrogens is 529 g/mol. The number of aryl methyl sites for hydroxylation is 1. The van der Waals surface area contributed by atoms with Crippen LogP contribution in [0.1, 0.15) is 15.2 Å². The fraction of sp³-hybridized carbons (Fsp3) is 0.0741. The Morgan fingerprint density at radius 1 is 0.971 bits per heavy atom. The zero-order valence-electron chi connectivity index (χ0n) is 18.8. The molecule has 2 aromatic heterocycles. The Hall–Kier alpha value is -3.62. The zero-order chi connectivity index (χ0) is 24.5. The number of rotatable bonds is 5. The Balaban J connectivity index is 1.53. The number of anilines is 1. The maximum atomic E-state index is 13.5. The van der Waals surface area contributed by atoms with E-state index in [-0.39, 0.29) is 11.7 Å². The summed E-state index contributed by atoms with van der Waals surface area (Å²) in [6.07, 6.45) is 0. The fourth-order valence-corrected chi connectivity index (χ4v) is 4.98. The molecule has 0 radical (unpaired) electrons. The number of methoxy groups -OCH3 is 1. The van der Waals surface area contributed by atoms with Crippen LogP contribution in [0.3, 0.4) is 0 Å². The number of amides is 1. The van der Waals surface area contributed by atoms with Gasteiger partial charge in [0, 0.05) is 25.9 Å². The molecule has 5 rings (SSSR count). The number of aromatic nitrogens is 2. The average Bonchev–Trinajstić information content (AvgIpc) is 3.23. The number of hydrogen-bond acceptors (Lipinski definition) is 5. The van der Waals surface area contributed by atoms with Gasteiger partial charge in [0.1, 0.15) is 11.6 Å². The molecule has 0 saturated heterocycles. The summed E-state index contributed by atoms with van der Waals surface area (Å²) in [6, 6.07) is 21.1. The zero-order valence-corrected chi connectivity index (χ0v) is 21.2. The molecule has 0 fully saturated rings. The predicted molar refractivity (Wildman–Crippen MR) is 142 cm³/mol. The molecule has 0 atom stereocenters. The molecule has 0 aliphatic rings. The van der Waals surface area contributed by atoms with Gasteiger partial charge in [-0.15, -0.1) is 11.3 Å². The van der Waals surface area contributed by atoms with E-state index in [0.29, 0.717) is 27.6 Å². The van der Waals surface area contributed by atoms with Gasteiger partial charge in [0.05, 0.1) is 29.6 Å². The van der Waals surface area contributed by atoms with E-state index in [1.165, 1.54) is 23.5 Å². The molecule has 3 aromatic carbocycles. The molecule has 35 heavy (non-hydrogen) atoms. The highest BCUT2D eigenvalue weighted by Gasteiger charge is 2.18. The molecule has 5 aromatic rings. The smallest absolute Gasteiger partial charge is 0.258 e. The summed E-state index contributed by atoms with van der Waals surface area (Å²) in [5.74, 6) is 0.149. The fourth-order valence-electron chi connectivity index (χ4n) is 3.79. The summed E-state index contributed by atoms with van der Waals surface area (Å²) in [5.41, 5.74) is 4.24. The third-order valence-electron chi connectivity index (χ3n) is 5.54. The van der Waals surface area contributed by atoms with E-state index in [4.69, 9.17) is 9.72 Å². The largest absolute Gasteiger partial charge is 0.497 e. The second kappa shape index (κ2) is 9.56. The first kappa shape index (κ1) is 23.1. The number of fused-ring (bicyclic) bond motifs is 1. The van der Waals surface area contributed by atoms with Gasteiger partial charge < -0.3 is 4.74 Å². The Bertz CT molecular complexity index is 1550. The first-order valence-electron chi connectivity index (χ1n) is 10.7. The van der Waals surface area contributed by atoms with Crippen molar-refractivity contribution in [2.75, 3.05) is 12.4 Å². The van der Waals surface area contributed by atoms with Crippen molar-refractivity contribution < 1.29 is 13.9 Å². The van der Waals surface area contributed by atoms with Gasteiger partial charge >= 0.3 is 0 Å². The van der Waals surface area contributed by atoms with Crippen LogP contribution in [0.4, 0.5) is 9.52 Å². The van der Waals surface area contributed by atoms with E-state index in [2.05, 4.69) is 26.2 Å². The van der Waals surface area contributed by atoms with Crippen molar-refractivity contribution in [3.63, 3.8) is 0 Å². The van der Waals surface area contributed by atoms with Crippen molar-refractivity contribution in [2.45, 2.75) is 6.92 Å². The van der Waals surface area contributed by atoms with Crippen molar-refractivity contribution in [1.82, 2.24) is 9.97 Å². The number of halogens is 2. The molecule has 0 aliphatic heterocycles. The summed E-state index contributed by atoms with van der Waals surface area (Å²) >= 11 is 4.87. The Morgan fingerprint density at radius 3 is 2.40 bits per heavy atom. The number of carbonyl (C=O) groups is 1. The minimum absolute atomic E-state index is 0.287. The molecule has 0 spiro atoms. The Kier molecular flexibility index (Phi) is 6.32. The monoisotopic (exact) mass is 547 g/mol.